The van der Waals surface area contributed by atoms with Crippen molar-refractivity contribution in [2.24, 2.45) is 10.2 Å². The number of amidine groups is 1. The molecule has 0 aromatic heterocycles. The van der Waals surface area contributed by atoms with Gasteiger partial charge in [-0.2, -0.15) is 5.10 Å². The third-order valence-corrected chi connectivity index (χ3v) is 5.02. The van der Waals surface area contributed by atoms with E-state index in [1.165, 1.54) is 20.4 Å². The molecule has 0 aliphatic carbocycles. The van der Waals surface area contributed by atoms with Crippen LogP contribution in [0.1, 0.15) is 21.5 Å². The maximum absolute atomic E-state index is 11.8. The average molecular weight is 453 g/mol. The molecule has 3 rings (SSSR count). The number of esters is 2. The van der Waals surface area contributed by atoms with E-state index in [2.05, 4.69) is 25.0 Å². The second-order valence-electron chi connectivity index (χ2n) is 6.28. The lowest BCUT2D eigenvalue weighted by molar-refractivity contribution is -0.135. The lowest BCUT2D eigenvalue weighted by atomic mass is 10.1. The fourth-order valence-electron chi connectivity index (χ4n) is 2.46. The summed E-state index contributed by atoms with van der Waals surface area (Å²) in [6.45, 7) is 0.348. The first-order valence-electron chi connectivity index (χ1n) is 9.28. The summed E-state index contributed by atoms with van der Waals surface area (Å²) in [5.41, 5.74) is 2.18. The highest BCUT2D eigenvalue weighted by Gasteiger charge is 2.24. The van der Waals surface area contributed by atoms with Crippen molar-refractivity contribution in [3.63, 3.8) is 0 Å². The fraction of sp³-hybridized carbons (Fsp3) is 0.136. The molecule has 164 valence electrons. The van der Waals surface area contributed by atoms with Crippen LogP contribution in [0.15, 0.2) is 69.7 Å². The van der Waals surface area contributed by atoms with Crippen molar-refractivity contribution in [2.75, 3.05) is 14.2 Å². The van der Waals surface area contributed by atoms with Crippen LogP contribution in [0.25, 0.3) is 0 Å². The van der Waals surface area contributed by atoms with E-state index in [1.807, 2.05) is 12.1 Å². The molecule has 0 unspecified atom stereocenters. The van der Waals surface area contributed by atoms with E-state index in [9.17, 15) is 14.4 Å². The first-order chi connectivity index (χ1) is 15.5. The molecule has 0 bridgehead atoms. The Hall–Kier alpha value is -3.92. The van der Waals surface area contributed by atoms with Crippen molar-refractivity contribution < 1.29 is 28.6 Å². The number of hydrogen-bond acceptors (Lipinski definition) is 9. The Bertz CT molecular complexity index is 1090. The summed E-state index contributed by atoms with van der Waals surface area (Å²) in [6, 6.07) is 14.2. The van der Waals surface area contributed by atoms with E-state index >= 15 is 0 Å². The summed E-state index contributed by atoms with van der Waals surface area (Å²) in [7, 11) is 2.57. The van der Waals surface area contributed by atoms with Gasteiger partial charge in [0.05, 0.1) is 30.9 Å². The molecule has 1 aliphatic heterocycles. The molecule has 0 saturated carbocycles. The van der Waals surface area contributed by atoms with Crippen LogP contribution in [0.5, 0.6) is 5.75 Å². The van der Waals surface area contributed by atoms with Crippen molar-refractivity contribution in [3.8, 4) is 5.75 Å². The van der Waals surface area contributed by atoms with Crippen molar-refractivity contribution in [2.45, 2.75) is 6.61 Å². The zero-order valence-electron chi connectivity index (χ0n) is 17.2. The predicted molar refractivity (Wildman–Crippen MR) is 119 cm³/mol. The molecule has 1 fully saturated rings. The topological polar surface area (TPSA) is 116 Å². The van der Waals surface area contributed by atoms with Gasteiger partial charge in [0.15, 0.2) is 5.17 Å². The van der Waals surface area contributed by atoms with Gasteiger partial charge in [-0.1, -0.05) is 12.1 Å². The quantitative estimate of drug-likeness (QED) is 0.297. The van der Waals surface area contributed by atoms with E-state index in [0.29, 0.717) is 17.9 Å². The summed E-state index contributed by atoms with van der Waals surface area (Å²) in [4.78, 5) is 34.6. The molecule has 1 saturated heterocycles. The molecule has 1 aliphatic rings. The van der Waals surface area contributed by atoms with Gasteiger partial charge in [-0.05, 0) is 59.3 Å². The average Bonchev–Trinajstić information content (AvgIpc) is 3.16. The van der Waals surface area contributed by atoms with Crippen LogP contribution in [-0.2, 0) is 25.7 Å². The van der Waals surface area contributed by atoms with Crippen molar-refractivity contribution >= 4 is 41.0 Å². The number of thioether (sulfide) groups is 1. The predicted octanol–water partition coefficient (Wildman–Crippen LogP) is 2.66. The van der Waals surface area contributed by atoms with E-state index in [0.717, 1.165) is 29.0 Å². The van der Waals surface area contributed by atoms with Gasteiger partial charge < -0.3 is 14.2 Å². The van der Waals surface area contributed by atoms with Gasteiger partial charge in [0, 0.05) is 6.08 Å². The standard InChI is InChI=1S/C22H19N3O6S/c1-29-19(26)11-18-20(27)24-22(32-18)25-23-12-14-5-9-17(10-6-14)31-13-15-3-7-16(8-4-15)21(28)30-2/h3-12H,13H2,1-2H3,(H,24,25,27)/b18-11+,23-12?. The maximum atomic E-state index is 11.8. The minimum atomic E-state index is -0.618. The lowest BCUT2D eigenvalue weighted by Crippen LogP contribution is -2.19. The van der Waals surface area contributed by atoms with Crippen LogP contribution in [0.4, 0.5) is 0 Å². The molecule has 0 radical (unpaired) electrons. The molecule has 0 spiro atoms. The maximum Gasteiger partial charge on any atom is 0.337 e. The molecule has 10 heteroatoms. The minimum absolute atomic E-state index is 0.187. The van der Waals surface area contributed by atoms with Gasteiger partial charge in [-0.25, -0.2) is 9.59 Å². The number of nitrogens with zero attached hydrogens (tertiary/aromatic N) is 2. The number of benzene rings is 2. The molecular weight excluding hydrogens is 434 g/mol. The SMILES string of the molecule is COC(=O)/C=C1/S/C(=N\N=Cc2ccc(OCc3ccc(C(=O)OC)cc3)cc2)NC1=O. The van der Waals surface area contributed by atoms with E-state index in [4.69, 9.17) is 4.74 Å². The Kier molecular flexibility index (Phi) is 7.76. The van der Waals surface area contributed by atoms with Gasteiger partial charge in [0.1, 0.15) is 12.4 Å². The van der Waals surface area contributed by atoms with E-state index in [-0.39, 0.29) is 16.0 Å². The Balaban J connectivity index is 1.52. The smallest absolute Gasteiger partial charge is 0.337 e. The number of ether oxygens (including phenoxy) is 3. The van der Waals surface area contributed by atoms with Crippen LogP contribution in [0.3, 0.4) is 0 Å². The van der Waals surface area contributed by atoms with Crippen LogP contribution in [0.2, 0.25) is 0 Å². The molecule has 2 aromatic rings. The number of methoxy groups -OCH3 is 2. The number of hydrogen-bond donors (Lipinski definition) is 1. The lowest BCUT2D eigenvalue weighted by Gasteiger charge is -2.07. The summed E-state index contributed by atoms with van der Waals surface area (Å²) in [5, 5.41) is 10.7. The number of amides is 1. The monoisotopic (exact) mass is 453 g/mol. The van der Waals surface area contributed by atoms with Crippen LogP contribution >= 0.6 is 11.8 Å². The zero-order chi connectivity index (χ0) is 22.9. The summed E-state index contributed by atoms with van der Waals surface area (Å²) in [6.07, 6.45) is 2.62. The van der Waals surface area contributed by atoms with Gasteiger partial charge in [-0.15, -0.1) is 5.10 Å². The largest absolute Gasteiger partial charge is 0.489 e. The second-order valence-corrected chi connectivity index (χ2v) is 7.31. The molecule has 0 atom stereocenters. The van der Waals surface area contributed by atoms with E-state index < -0.39 is 11.9 Å². The first-order valence-corrected chi connectivity index (χ1v) is 10.1. The Labute approximate surface area is 188 Å². The molecule has 32 heavy (non-hydrogen) atoms. The molecule has 1 heterocycles. The molecule has 1 N–H and O–H groups in total. The van der Waals surface area contributed by atoms with E-state index in [1.54, 1.807) is 36.4 Å². The Morgan fingerprint density at radius 2 is 1.75 bits per heavy atom. The van der Waals surface area contributed by atoms with Crippen LogP contribution in [-0.4, -0.2) is 43.4 Å². The number of carbonyl (C=O) groups is 3. The van der Waals surface area contributed by atoms with Gasteiger partial charge in [0.25, 0.3) is 5.91 Å². The third kappa shape index (κ3) is 6.29. The normalized spacial score (nSPS) is 15.8. The zero-order valence-corrected chi connectivity index (χ0v) is 18.0. The first kappa shape index (κ1) is 22.8. The van der Waals surface area contributed by atoms with Gasteiger partial charge >= 0.3 is 11.9 Å². The fourth-order valence-corrected chi connectivity index (χ4v) is 3.20. The van der Waals surface area contributed by atoms with Crippen molar-refractivity contribution in [1.29, 1.82) is 0 Å². The molecular formula is C22H19N3O6S. The molecule has 2 aromatic carbocycles. The second kappa shape index (κ2) is 10.9. The number of rotatable bonds is 7. The Morgan fingerprint density at radius 1 is 1.03 bits per heavy atom. The van der Waals surface area contributed by atoms with Crippen LogP contribution in [0, 0.1) is 0 Å². The van der Waals surface area contributed by atoms with Crippen molar-refractivity contribution in [1.82, 2.24) is 5.32 Å². The number of nitrogens with one attached hydrogen (secondary N) is 1. The van der Waals surface area contributed by atoms with Gasteiger partial charge in [-0.3, -0.25) is 10.1 Å². The van der Waals surface area contributed by atoms with Crippen LogP contribution < -0.4 is 10.1 Å². The molecule has 9 nitrogen and oxygen atoms in total. The summed E-state index contributed by atoms with van der Waals surface area (Å²) < 4.78 is 14.9. The highest BCUT2D eigenvalue weighted by molar-refractivity contribution is 8.18. The van der Waals surface area contributed by atoms with Gasteiger partial charge in [0.2, 0.25) is 0 Å². The molecule has 1 amide bonds. The number of carbonyl (C=O) groups excluding carboxylic acids is 3. The minimum Gasteiger partial charge on any atom is -0.489 e. The van der Waals surface area contributed by atoms with Crippen molar-refractivity contribution in [3.05, 3.63) is 76.2 Å². The highest BCUT2D eigenvalue weighted by Crippen LogP contribution is 2.23. The summed E-state index contributed by atoms with van der Waals surface area (Å²) >= 11 is 0.998. The summed E-state index contributed by atoms with van der Waals surface area (Å²) in [5.74, 6) is -0.766. The third-order valence-electron chi connectivity index (χ3n) is 4.12. The highest BCUT2D eigenvalue weighted by atomic mass is 32.2. The Morgan fingerprint density at radius 3 is 2.41 bits per heavy atom.